The molecule has 0 unspecified atom stereocenters. The number of aromatic nitrogens is 1. The number of hydrogen-bond donors (Lipinski definition) is 1. The van der Waals surface area contributed by atoms with E-state index in [1.54, 1.807) is 10.8 Å². The first-order chi connectivity index (χ1) is 11.1. The third kappa shape index (κ3) is 4.68. The molecule has 0 saturated heterocycles. The molecule has 0 amide bonds. The molecule has 23 heavy (non-hydrogen) atoms. The van der Waals surface area contributed by atoms with Gasteiger partial charge in [-0.25, -0.2) is 4.79 Å². The molecule has 0 aliphatic heterocycles. The molecular formula is C19H23N2O2+. The van der Waals surface area contributed by atoms with Gasteiger partial charge in [0.25, 0.3) is 0 Å². The number of benzene rings is 1. The largest absolute Gasteiger partial charge is 0.477 e. The number of rotatable bonds is 7. The van der Waals surface area contributed by atoms with Gasteiger partial charge in [-0.1, -0.05) is 12.1 Å². The third-order valence-electron chi connectivity index (χ3n) is 3.75. The molecule has 4 heteroatoms. The predicted octanol–water partition coefficient (Wildman–Crippen LogP) is 3.08. The molecule has 1 heterocycles. The van der Waals surface area contributed by atoms with Crippen LogP contribution in [-0.4, -0.2) is 24.2 Å². The summed E-state index contributed by atoms with van der Waals surface area (Å²) in [5.74, 6) is -0.848. The van der Waals surface area contributed by atoms with Crippen LogP contribution in [0, 0.1) is 0 Å². The number of anilines is 1. The molecule has 4 nitrogen and oxygen atoms in total. The highest BCUT2D eigenvalue weighted by atomic mass is 16.4. The fourth-order valence-corrected chi connectivity index (χ4v) is 2.50. The molecule has 1 aromatic carbocycles. The number of carboxylic acid groups (broad SMARTS) is 1. The van der Waals surface area contributed by atoms with E-state index < -0.39 is 5.97 Å². The Balaban J connectivity index is 2.16. The Morgan fingerprint density at radius 2 is 1.78 bits per heavy atom. The number of pyridine rings is 1. The van der Waals surface area contributed by atoms with Crippen LogP contribution in [0.2, 0.25) is 0 Å². The van der Waals surface area contributed by atoms with Crippen LogP contribution < -0.4 is 9.47 Å². The van der Waals surface area contributed by atoms with Crippen molar-refractivity contribution in [2.75, 3.05) is 18.0 Å². The highest BCUT2D eigenvalue weighted by molar-refractivity contribution is 5.69. The Hall–Kier alpha value is -2.62. The van der Waals surface area contributed by atoms with E-state index in [9.17, 15) is 4.79 Å². The molecule has 2 aromatic rings. The molecule has 1 aromatic heterocycles. The first kappa shape index (κ1) is 16.7. The van der Waals surface area contributed by atoms with Crippen molar-refractivity contribution >= 4 is 23.8 Å². The van der Waals surface area contributed by atoms with Crippen LogP contribution >= 0.6 is 0 Å². The van der Waals surface area contributed by atoms with Crippen LogP contribution in [0.5, 0.6) is 0 Å². The van der Waals surface area contributed by atoms with Gasteiger partial charge in [-0.05, 0) is 43.7 Å². The number of carboxylic acids is 1. The molecule has 120 valence electrons. The van der Waals surface area contributed by atoms with Gasteiger partial charge in [0.05, 0.1) is 0 Å². The second-order valence-electron chi connectivity index (χ2n) is 5.24. The molecule has 0 aliphatic carbocycles. The molecular weight excluding hydrogens is 288 g/mol. The van der Waals surface area contributed by atoms with Gasteiger partial charge in [0.15, 0.2) is 6.20 Å². The van der Waals surface area contributed by atoms with E-state index in [0.717, 1.165) is 24.3 Å². The smallest absolute Gasteiger partial charge is 0.370 e. The van der Waals surface area contributed by atoms with Crippen molar-refractivity contribution in [2.45, 2.75) is 20.4 Å². The van der Waals surface area contributed by atoms with Crippen LogP contribution in [0.15, 0.2) is 48.7 Å². The Labute approximate surface area is 137 Å². The van der Waals surface area contributed by atoms with Crippen molar-refractivity contribution in [3.63, 3.8) is 0 Å². The maximum absolute atomic E-state index is 10.9. The molecule has 1 N–H and O–H groups in total. The second-order valence-corrected chi connectivity index (χ2v) is 5.24. The number of hydrogen-bond acceptors (Lipinski definition) is 2. The summed E-state index contributed by atoms with van der Waals surface area (Å²) in [4.78, 5) is 13.2. The second kappa shape index (κ2) is 8.13. The highest BCUT2D eigenvalue weighted by Crippen LogP contribution is 2.16. The SMILES string of the molecule is CCN(CC)c1ccc(/C=C/c2cccc[n+]2CC(=O)O)cc1. The lowest BCUT2D eigenvalue weighted by Crippen LogP contribution is -2.40. The number of nitrogens with zero attached hydrogens (tertiary/aromatic N) is 2. The number of aliphatic carboxylic acids is 1. The topological polar surface area (TPSA) is 44.4 Å². The van der Waals surface area contributed by atoms with Crippen LogP contribution in [0.1, 0.15) is 25.1 Å². The van der Waals surface area contributed by atoms with Crippen molar-refractivity contribution in [3.05, 3.63) is 59.9 Å². The molecule has 0 atom stereocenters. The van der Waals surface area contributed by atoms with Gasteiger partial charge in [0, 0.05) is 37.0 Å². The van der Waals surface area contributed by atoms with Gasteiger partial charge in [-0.15, -0.1) is 0 Å². The molecule has 0 spiro atoms. The van der Waals surface area contributed by atoms with Crippen molar-refractivity contribution in [3.8, 4) is 0 Å². The standard InChI is InChI=1S/C19H22N2O2/c1-3-20(4-2)18-12-9-16(10-13-18)8-11-17-7-5-6-14-21(17)15-19(22)23/h5-14H,3-4,15H2,1-2H3/p+1. The van der Waals surface area contributed by atoms with E-state index in [1.165, 1.54) is 5.69 Å². The van der Waals surface area contributed by atoms with E-state index in [0.29, 0.717) is 0 Å². The molecule has 0 aliphatic rings. The lowest BCUT2D eigenvalue weighted by atomic mass is 10.1. The van der Waals surface area contributed by atoms with Gasteiger partial charge in [0.2, 0.25) is 12.2 Å². The highest BCUT2D eigenvalue weighted by Gasteiger charge is 2.10. The third-order valence-corrected chi connectivity index (χ3v) is 3.75. The van der Waals surface area contributed by atoms with Gasteiger partial charge in [0.1, 0.15) is 0 Å². The number of carbonyl (C=O) groups is 1. The fraction of sp³-hybridized carbons (Fsp3) is 0.263. The minimum atomic E-state index is -0.848. The first-order valence-corrected chi connectivity index (χ1v) is 7.87. The Bertz CT molecular complexity index is 674. The molecule has 0 radical (unpaired) electrons. The quantitative estimate of drug-likeness (QED) is 0.799. The Morgan fingerprint density at radius 3 is 2.39 bits per heavy atom. The lowest BCUT2D eigenvalue weighted by molar-refractivity contribution is -0.687. The van der Waals surface area contributed by atoms with Gasteiger partial charge in [-0.3, -0.25) is 0 Å². The zero-order chi connectivity index (χ0) is 16.7. The normalized spacial score (nSPS) is 10.9. The summed E-state index contributed by atoms with van der Waals surface area (Å²) in [6.45, 7) is 6.24. The summed E-state index contributed by atoms with van der Waals surface area (Å²) in [5, 5.41) is 8.96. The average Bonchev–Trinajstić information content (AvgIpc) is 2.56. The van der Waals surface area contributed by atoms with Crippen LogP contribution in [-0.2, 0) is 11.3 Å². The zero-order valence-corrected chi connectivity index (χ0v) is 13.6. The monoisotopic (exact) mass is 311 g/mol. The minimum absolute atomic E-state index is 0.0403. The maximum atomic E-state index is 10.9. The van der Waals surface area contributed by atoms with Crippen LogP contribution in [0.25, 0.3) is 12.2 Å². The molecule has 0 fully saturated rings. The van der Waals surface area contributed by atoms with Crippen molar-refractivity contribution in [1.82, 2.24) is 0 Å². The maximum Gasteiger partial charge on any atom is 0.370 e. The van der Waals surface area contributed by atoms with Crippen molar-refractivity contribution in [1.29, 1.82) is 0 Å². The first-order valence-electron chi connectivity index (χ1n) is 7.87. The molecule has 0 saturated carbocycles. The van der Waals surface area contributed by atoms with E-state index in [-0.39, 0.29) is 6.54 Å². The van der Waals surface area contributed by atoms with Crippen molar-refractivity contribution in [2.24, 2.45) is 0 Å². The van der Waals surface area contributed by atoms with Crippen LogP contribution in [0.4, 0.5) is 5.69 Å². The summed E-state index contributed by atoms with van der Waals surface area (Å²) in [5.41, 5.74) is 3.17. The van der Waals surface area contributed by atoms with E-state index in [4.69, 9.17) is 5.11 Å². The average molecular weight is 311 g/mol. The minimum Gasteiger partial charge on any atom is -0.477 e. The Kier molecular flexibility index (Phi) is 5.92. The van der Waals surface area contributed by atoms with Gasteiger partial charge < -0.3 is 10.0 Å². The van der Waals surface area contributed by atoms with E-state index in [2.05, 4.69) is 43.0 Å². The molecule has 0 bridgehead atoms. The molecule has 2 rings (SSSR count). The summed E-state index contributed by atoms with van der Waals surface area (Å²) in [7, 11) is 0. The summed E-state index contributed by atoms with van der Waals surface area (Å²) < 4.78 is 1.71. The van der Waals surface area contributed by atoms with Crippen molar-refractivity contribution < 1.29 is 14.5 Å². The zero-order valence-electron chi connectivity index (χ0n) is 13.6. The summed E-state index contributed by atoms with van der Waals surface area (Å²) in [6, 6.07) is 14.0. The summed E-state index contributed by atoms with van der Waals surface area (Å²) >= 11 is 0. The van der Waals surface area contributed by atoms with Gasteiger partial charge >= 0.3 is 5.97 Å². The van der Waals surface area contributed by atoms with Gasteiger partial charge in [-0.2, -0.15) is 4.57 Å². The lowest BCUT2D eigenvalue weighted by Gasteiger charge is -2.20. The predicted molar refractivity (Wildman–Crippen MR) is 93.2 cm³/mol. The summed E-state index contributed by atoms with van der Waals surface area (Å²) in [6.07, 6.45) is 5.71. The van der Waals surface area contributed by atoms with E-state index >= 15 is 0 Å². The van der Waals surface area contributed by atoms with E-state index in [1.807, 2.05) is 30.4 Å². The fourth-order valence-electron chi connectivity index (χ4n) is 2.50. The van der Waals surface area contributed by atoms with Crippen LogP contribution in [0.3, 0.4) is 0 Å². The Morgan fingerprint density at radius 1 is 1.09 bits per heavy atom.